The van der Waals surface area contributed by atoms with Crippen LogP contribution >= 0.6 is 0 Å². The topological polar surface area (TPSA) is 89.4 Å². The van der Waals surface area contributed by atoms with Gasteiger partial charge in [0, 0.05) is 31.4 Å². The van der Waals surface area contributed by atoms with Crippen molar-refractivity contribution in [2.45, 2.75) is 46.1 Å². The van der Waals surface area contributed by atoms with Crippen LogP contribution in [0.5, 0.6) is 0 Å². The van der Waals surface area contributed by atoms with E-state index >= 15 is 0 Å². The summed E-state index contributed by atoms with van der Waals surface area (Å²) in [6, 6.07) is 1.90. The maximum absolute atomic E-state index is 12.6. The molecule has 1 N–H and O–H groups in total. The number of anilines is 1. The molecule has 0 bridgehead atoms. The summed E-state index contributed by atoms with van der Waals surface area (Å²) in [6.07, 6.45) is 2.57. The predicted molar refractivity (Wildman–Crippen MR) is 102 cm³/mol. The monoisotopic (exact) mass is 373 g/mol. The molecule has 8 heteroatoms. The van der Waals surface area contributed by atoms with Crippen molar-refractivity contribution >= 4 is 28.7 Å². The molecule has 3 rings (SSSR count). The Morgan fingerprint density at radius 2 is 1.93 bits per heavy atom. The second-order valence-electron chi connectivity index (χ2n) is 8.04. The van der Waals surface area contributed by atoms with Gasteiger partial charge in [-0.2, -0.15) is 5.10 Å². The smallest absolute Gasteiger partial charge is 0.410 e. The van der Waals surface area contributed by atoms with E-state index in [1.54, 1.807) is 15.8 Å². The predicted octanol–water partition coefficient (Wildman–Crippen LogP) is 2.86. The first-order valence-electron chi connectivity index (χ1n) is 9.22. The van der Waals surface area contributed by atoms with Gasteiger partial charge in [0.05, 0.1) is 17.6 Å². The Hall–Kier alpha value is -2.64. The number of aryl methyl sites for hydroxylation is 2. The molecule has 0 saturated carbocycles. The van der Waals surface area contributed by atoms with Crippen molar-refractivity contribution in [2.24, 2.45) is 13.0 Å². The molecule has 0 aromatic carbocycles. The quantitative estimate of drug-likeness (QED) is 0.874. The molecular weight excluding hydrogens is 346 g/mol. The summed E-state index contributed by atoms with van der Waals surface area (Å²) < 4.78 is 7.12. The van der Waals surface area contributed by atoms with Gasteiger partial charge in [0.1, 0.15) is 5.60 Å². The summed E-state index contributed by atoms with van der Waals surface area (Å²) in [4.78, 5) is 30.8. The molecule has 1 aliphatic rings. The van der Waals surface area contributed by atoms with E-state index in [2.05, 4.69) is 15.4 Å². The fourth-order valence-electron chi connectivity index (χ4n) is 3.27. The SMILES string of the molecule is Cc1nn(C)c2ncc(NC(=O)C3CCN(C(=O)OC(C)(C)C)CC3)cc12. The second kappa shape index (κ2) is 7.17. The fourth-order valence-corrected chi connectivity index (χ4v) is 3.27. The lowest BCUT2D eigenvalue weighted by molar-refractivity contribution is -0.121. The summed E-state index contributed by atoms with van der Waals surface area (Å²) >= 11 is 0. The number of likely N-dealkylation sites (tertiary alicyclic amines) is 1. The van der Waals surface area contributed by atoms with Crippen LogP contribution in [0.2, 0.25) is 0 Å². The zero-order valence-corrected chi connectivity index (χ0v) is 16.6. The zero-order chi connectivity index (χ0) is 19.8. The number of hydrogen-bond acceptors (Lipinski definition) is 5. The summed E-state index contributed by atoms with van der Waals surface area (Å²) in [7, 11) is 1.85. The van der Waals surface area contributed by atoms with Crippen molar-refractivity contribution in [1.29, 1.82) is 0 Å². The lowest BCUT2D eigenvalue weighted by Crippen LogP contribution is -2.43. The largest absolute Gasteiger partial charge is 0.444 e. The Labute approximate surface area is 158 Å². The molecule has 27 heavy (non-hydrogen) atoms. The molecule has 0 radical (unpaired) electrons. The number of nitrogens with zero attached hydrogens (tertiary/aromatic N) is 4. The Morgan fingerprint density at radius 3 is 2.56 bits per heavy atom. The van der Waals surface area contributed by atoms with Gasteiger partial charge < -0.3 is 15.0 Å². The first-order chi connectivity index (χ1) is 12.6. The molecule has 0 spiro atoms. The number of aromatic nitrogens is 3. The Balaban J connectivity index is 1.58. The summed E-state index contributed by atoms with van der Waals surface area (Å²) in [5.41, 5.74) is 1.82. The minimum Gasteiger partial charge on any atom is -0.444 e. The molecule has 1 saturated heterocycles. The number of pyridine rings is 1. The third-order valence-corrected chi connectivity index (χ3v) is 4.65. The molecule has 0 aliphatic carbocycles. The number of carbonyl (C=O) groups is 2. The highest BCUT2D eigenvalue weighted by atomic mass is 16.6. The third-order valence-electron chi connectivity index (χ3n) is 4.65. The zero-order valence-electron chi connectivity index (χ0n) is 16.6. The van der Waals surface area contributed by atoms with Crippen molar-refractivity contribution in [1.82, 2.24) is 19.7 Å². The van der Waals surface area contributed by atoms with Crippen LogP contribution in [0.25, 0.3) is 11.0 Å². The van der Waals surface area contributed by atoms with Crippen LogP contribution in [0.3, 0.4) is 0 Å². The van der Waals surface area contributed by atoms with Gasteiger partial charge >= 0.3 is 6.09 Å². The summed E-state index contributed by atoms with van der Waals surface area (Å²) in [5, 5.41) is 8.22. The molecule has 2 aromatic heterocycles. The van der Waals surface area contributed by atoms with Gasteiger partial charge in [0.25, 0.3) is 0 Å². The van der Waals surface area contributed by atoms with Crippen LogP contribution < -0.4 is 5.32 Å². The average Bonchev–Trinajstić information content (AvgIpc) is 2.87. The van der Waals surface area contributed by atoms with E-state index < -0.39 is 5.60 Å². The van der Waals surface area contributed by atoms with Gasteiger partial charge in [-0.25, -0.2) is 9.78 Å². The van der Waals surface area contributed by atoms with E-state index in [0.29, 0.717) is 31.6 Å². The Kier molecular flexibility index (Phi) is 5.08. The molecule has 2 aromatic rings. The van der Waals surface area contributed by atoms with Crippen molar-refractivity contribution in [3.8, 4) is 0 Å². The molecule has 8 nitrogen and oxygen atoms in total. The number of ether oxygens (including phenoxy) is 1. The van der Waals surface area contributed by atoms with Gasteiger partial charge in [0.15, 0.2) is 5.65 Å². The number of carbonyl (C=O) groups excluding carboxylic acids is 2. The molecule has 0 atom stereocenters. The number of piperidine rings is 1. The van der Waals surface area contributed by atoms with Crippen LogP contribution in [-0.4, -0.2) is 50.4 Å². The van der Waals surface area contributed by atoms with E-state index in [9.17, 15) is 9.59 Å². The molecule has 0 unspecified atom stereocenters. The normalized spacial score (nSPS) is 15.8. The van der Waals surface area contributed by atoms with Crippen LogP contribution in [-0.2, 0) is 16.6 Å². The fraction of sp³-hybridized carbons (Fsp3) is 0.579. The highest BCUT2D eigenvalue weighted by molar-refractivity contribution is 5.94. The van der Waals surface area contributed by atoms with E-state index in [-0.39, 0.29) is 17.9 Å². The maximum atomic E-state index is 12.6. The number of amides is 2. The Morgan fingerprint density at radius 1 is 1.26 bits per heavy atom. The van der Waals surface area contributed by atoms with Crippen molar-refractivity contribution in [3.05, 3.63) is 18.0 Å². The van der Waals surface area contributed by atoms with Crippen LogP contribution in [0.15, 0.2) is 12.3 Å². The summed E-state index contributed by atoms with van der Waals surface area (Å²) in [6.45, 7) is 8.50. The van der Waals surface area contributed by atoms with Crippen molar-refractivity contribution < 1.29 is 14.3 Å². The lowest BCUT2D eigenvalue weighted by atomic mass is 9.96. The molecule has 1 aliphatic heterocycles. The van der Waals surface area contributed by atoms with E-state index in [4.69, 9.17) is 4.74 Å². The van der Waals surface area contributed by atoms with Gasteiger partial charge in [-0.05, 0) is 46.6 Å². The van der Waals surface area contributed by atoms with E-state index in [1.165, 1.54) is 0 Å². The van der Waals surface area contributed by atoms with Crippen LogP contribution in [0.4, 0.5) is 10.5 Å². The molecular formula is C19H27N5O3. The molecule has 3 heterocycles. The summed E-state index contributed by atoms with van der Waals surface area (Å²) in [5.74, 6) is -0.170. The van der Waals surface area contributed by atoms with Crippen LogP contribution in [0.1, 0.15) is 39.3 Å². The average molecular weight is 373 g/mol. The lowest BCUT2D eigenvalue weighted by Gasteiger charge is -2.32. The Bertz CT molecular complexity index is 860. The van der Waals surface area contributed by atoms with Gasteiger partial charge in [0.2, 0.25) is 5.91 Å². The third kappa shape index (κ3) is 4.37. The van der Waals surface area contributed by atoms with Crippen LogP contribution in [0, 0.1) is 12.8 Å². The number of hydrogen-bond donors (Lipinski definition) is 1. The number of fused-ring (bicyclic) bond motifs is 1. The van der Waals surface area contributed by atoms with Gasteiger partial charge in [-0.1, -0.05) is 0 Å². The standard InChI is InChI=1S/C19H27N5O3/c1-12-15-10-14(11-20-16(15)23(5)22-12)21-17(25)13-6-8-24(9-7-13)18(26)27-19(2,3)4/h10-11,13H,6-9H2,1-5H3,(H,21,25). The van der Waals surface area contributed by atoms with E-state index in [0.717, 1.165) is 16.7 Å². The van der Waals surface area contributed by atoms with Gasteiger partial charge in [-0.3, -0.25) is 9.48 Å². The number of nitrogens with one attached hydrogen (secondary N) is 1. The highest BCUT2D eigenvalue weighted by Gasteiger charge is 2.30. The maximum Gasteiger partial charge on any atom is 0.410 e. The highest BCUT2D eigenvalue weighted by Crippen LogP contribution is 2.23. The van der Waals surface area contributed by atoms with Crippen molar-refractivity contribution in [2.75, 3.05) is 18.4 Å². The first kappa shape index (κ1) is 19.1. The second-order valence-corrected chi connectivity index (χ2v) is 8.04. The first-order valence-corrected chi connectivity index (χ1v) is 9.22. The van der Waals surface area contributed by atoms with E-state index in [1.807, 2.05) is 40.8 Å². The number of rotatable bonds is 2. The molecule has 146 valence electrons. The molecule has 2 amide bonds. The molecule has 1 fully saturated rings. The minimum atomic E-state index is -0.513. The van der Waals surface area contributed by atoms with Gasteiger partial charge in [-0.15, -0.1) is 0 Å². The van der Waals surface area contributed by atoms with Crippen molar-refractivity contribution in [3.63, 3.8) is 0 Å². The minimum absolute atomic E-state index is 0.0402.